The molecule has 0 aromatic rings. The summed E-state index contributed by atoms with van der Waals surface area (Å²) in [5.74, 6) is 0. The van der Waals surface area contributed by atoms with Crippen LogP contribution in [0.5, 0.6) is 0 Å². The van der Waals surface area contributed by atoms with E-state index in [-0.39, 0.29) is 0 Å². The highest BCUT2D eigenvalue weighted by molar-refractivity contribution is 5.59. The van der Waals surface area contributed by atoms with Crippen molar-refractivity contribution >= 4 is 6.21 Å². The minimum Gasteiger partial charge on any atom is -0.375 e. The van der Waals surface area contributed by atoms with Gasteiger partial charge in [-0.2, -0.15) is 0 Å². The van der Waals surface area contributed by atoms with E-state index in [0.29, 0.717) is 0 Å². The van der Waals surface area contributed by atoms with Crippen LogP contribution in [-0.4, -0.2) is 31.8 Å². The van der Waals surface area contributed by atoms with E-state index in [1.807, 2.05) is 32.5 Å². The molecule has 0 saturated carbocycles. The summed E-state index contributed by atoms with van der Waals surface area (Å²) < 4.78 is 0. The number of aliphatic imine (C=N–C) groups is 1. The lowest BCUT2D eigenvalue weighted by Gasteiger charge is -2.08. The van der Waals surface area contributed by atoms with Crippen molar-refractivity contribution in [3.63, 3.8) is 0 Å². The second-order valence-corrected chi connectivity index (χ2v) is 1.86. The van der Waals surface area contributed by atoms with Gasteiger partial charge >= 0.3 is 0 Å². The maximum Gasteiger partial charge on any atom is 0.0519 e. The monoisotopic (exact) mass is 126 g/mol. The molecule has 0 spiro atoms. The Hall–Kier alpha value is -0.790. The van der Waals surface area contributed by atoms with E-state index in [1.54, 1.807) is 7.05 Å². The molecule has 52 valence electrons. The zero-order valence-corrected chi connectivity index (χ0v) is 6.33. The molecule has 0 saturated heterocycles. The summed E-state index contributed by atoms with van der Waals surface area (Å²) >= 11 is 0. The van der Waals surface area contributed by atoms with Gasteiger partial charge < -0.3 is 4.90 Å². The summed E-state index contributed by atoms with van der Waals surface area (Å²) in [6.07, 6.45) is 5.89. The Morgan fingerprint density at radius 1 is 1.56 bits per heavy atom. The summed E-state index contributed by atoms with van der Waals surface area (Å²) in [4.78, 5) is 5.92. The quantitative estimate of drug-likeness (QED) is 0.518. The molecule has 0 aromatic heterocycles. The Morgan fingerprint density at radius 2 is 2.22 bits per heavy atom. The Bertz CT molecular complexity index is 105. The molecule has 0 aliphatic heterocycles. The highest BCUT2D eigenvalue weighted by Gasteiger charge is 1.81. The molecule has 0 aliphatic carbocycles. The second-order valence-electron chi connectivity index (χ2n) is 1.86. The van der Waals surface area contributed by atoms with Crippen molar-refractivity contribution in [3.8, 4) is 0 Å². The number of hydrogen-bond acceptors (Lipinski definition) is 2. The molecule has 0 rings (SSSR count). The van der Waals surface area contributed by atoms with Gasteiger partial charge in [0.05, 0.1) is 6.54 Å². The van der Waals surface area contributed by atoms with E-state index < -0.39 is 0 Å². The van der Waals surface area contributed by atoms with Gasteiger partial charge in [-0.1, -0.05) is 6.08 Å². The SMILES string of the molecule is C/C=C\N(C)CC=NC. The van der Waals surface area contributed by atoms with Crippen LogP contribution in [0.15, 0.2) is 17.3 Å². The Balaban J connectivity index is 3.37. The highest BCUT2D eigenvalue weighted by atomic mass is 15.1. The van der Waals surface area contributed by atoms with Crippen LogP contribution in [0, 0.1) is 0 Å². The first-order valence-corrected chi connectivity index (χ1v) is 3.05. The summed E-state index contributed by atoms with van der Waals surface area (Å²) in [6, 6.07) is 0. The van der Waals surface area contributed by atoms with Crippen molar-refractivity contribution in [1.82, 2.24) is 4.90 Å². The normalized spacial score (nSPS) is 11.4. The first-order chi connectivity index (χ1) is 4.31. The number of hydrogen-bond donors (Lipinski definition) is 0. The van der Waals surface area contributed by atoms with Gasteiger partial charge in [0.1, 0.15) is 0 Å². The van der Waals surface area contributed by atoms with E-state index in [2.05, 4.69) is 9.89 Å². The third-order valence-corrected chi connectivity index (χ3v) is 0.956. The van der Waals surface area contributed by atoms with Gasteiger partial charge in [0.2, 0.25) is 0 Å². The van der Waals surface area contributed by atoms with Gasteiger partial charge in [-0.25, -0.2) is 0 Å². The molecule has 2 heteroatoms. The molecule has 0 unspecified atom stereocenters. The van der Waals surface area contributed by atoms with Crippen molar-refractivity contribution in [2.75, 3.05) is 20.6 Å². The molecular formula is C7H14N2. The van der Waals surface area contributed by atoms with Crippen LogP contribution in [-0.2, 0) is 0 Å². The predicted molar refractivity (Wildman–Crippen MR) is 41.9 cm³/mol. The molecule has 0 bridgehead atoms. The van der Waals surface area contributed by atoms with Gasteiger partial charge in [0, 0.05) is 20.3 Å². The zero-order chi connectivity index (χ0) is 7.11. The van der Waals surface area contributed by atoms with Crippen molar-refractivity contribution in [1.29, 1.82) is 0 Å². The zero-order valence-electron chi connectivity index (χ0n) is 6.33. The van der Waals surface area contributed by atoms with Crippen LogP contribution >= 0.6 is 0 Å². The fourth-order valence-electron chi connectivity index (χ4n) is 0.526. The van der Waals surface area contributed by atoms with Crippen molar-refractivity contribution in [2.45, 2.75) is 6.92 Å². The molecule has 0 N–H and O–H groups in total. The van der Waals surface area contributed by atoms with Crippen molar-refractivity contribution in [2.24, 2.45) is 4.99 Å². The maximum absolute atomic E-state index is 3.86. The third-order valence-electron chi connectivity index (χ3n) is 0.956. The standard InChI is InChI=1S/C7H14N2/c1-4-6-9(3)7-5-8-2/h4-6H,7H2,1-3H3/b6-4-,8-5?. The molecule has 0 amide bonds. The summed E-state index contributed by atoms with van der Waals surface area (Å²) in [6.45, 7) is 2.89. The molecule has 0 aromatic carbocycles. The fourth-order valence-corrected chi connectivity index (χ4v) is 0.526. The maximum atomic E-state index is 3.86. The van der Waals surface area contributed by atoms with E-state index in [0.717, 1.165) is 6.54 Å². The van der Waals surface area contributed by atoms with Gasteiger partial charge in [-0.15, -0.1) is 0 Å². The lowest BCUT2D eigenvalue weighted by molar-refractivity contribution is 0.528. The van der Waals surface area contributed by atoms with Gasteiger partial charge in [0.15, 0.2) is 0 Å². The van der Waals surface area contributed by atoms with E-state index in [1.165, 1.54) is 0 Å². The van der Waals surface area contributed by atoms with Crippen LogP contribution in [0.4, 0.5) is 0 Å². The lowest BCUT2D eigenvalue weighted by Crippen LogP contribution is -2.12. The Labute approximate surface area is 56.9 Å². The molecule has 0 aliphatic rings. The summed E-state index contributed by atoms with van der Waals surface area (Å²) in [7, 11) is 3.80. The van der Waals surface area contributed by atoms with Crippen LogP contribution in [0.1, 0.15) is 6.92 Å². The van der Waals surface area contributed by atoms with Gasteiger partial charge in [-0.3, -0.25) is 4.99 Å². The molecular weight excluding hydrogens is 112 g/mol. The predicted octanol–water partition coefficient (Wildman–Crippen LogP) is 1.15. The first kappa shape index (κ1) is 8.21. The third kappa shape index (κ3) is 5.07. The summed E-state index contributed by atoms with van der Waals surface area (Å²) in [5.41, 5.74) is 0. The van der Waals surface area contributed by atoms with Crippen molar-refractivity contribution in [3.05, 3.63) is 12.3 Å². The first-order valence-electron chi connectivity index (χ1n) is 3.05. The average Bonchev–Trinajstić information content (AvgIpc) is 1.85. The number of nitrogens with zero attached hydrogens (tertiary/aromatic N) is 2. The fraction of sp³-hybridized carbons (Fsp3) is 0.571. The van der Waals surface area contributed by atoms with Crippen LogP contribution in [0.2, 0.25) is 0 Å². The largest absolute Gasteiger partial charge is 0.375 e. The van der Waals surface area contributed by atoms with E-state index in [9.17, 15) is 0 Å². The summed E-state index contributed by atoms with van der Waals surface area (Å²) in [5, 5.41) is 0. The smallest absolute Gasteiger partial charge is 0.0519 e. The lowest BCUT2D eigenvalue weighted by atomic mass is 10.6. The van der Waals surface area contributed by atoms with Crippen LogP contribution in [0.25, 0.3) is 0 Å². The molecule has 0 heterocycles. The van der Waals surface area contributed by atoms with Crippen molar-refractivity contribution < 1.29 is 0 Å². The number of rotatable bonds is 3. The van der Waals surface area contributed by atoms with Gasteiger partial charge in [0.25, 0.3) is 0 Å². The molecule has 0 radical (unpaired) electrons. The highest BCUT2D eigenvalue weighted by Crippen LogP contribution is 1.79. The Kier molecular flexibility index (Phi) is 4.88. The molecule has 2 nitrogen and oxygen atoms in total. The van der Waals surface area contributed by atoms with Crippen LogP contribution < -0.4 is 0 Å². The topological polar surface area (TPSA) is 15.6 Å². The molecule has 0 atom stereocenters. The minimum atomic E-state index is 0.890. The minimum absolute atomic E-state index is 0.890. The molecule has 0 fully saturated rings. The van der Waals surface area contributed by atoms with E-state index in [4.69, 9.17) is 0 Å². The molecule has 9 heavy (non-hydrogen) atoms. The Morgan fingerprint density at radius 3 is 2.67 bits per heavy atom. The number of allylic oxidation sites excluding steroid dienone is 1. The van der Waals surface area contributed by atoms with E-state index >= 15 is 0 Å². The van der Waals surface area contributed by atoms with Gasteiger partial charge in [-0.05, 0) is 13.1 Å². The average molecular weight is 126 g/mol. The second kappa shape index (κ2) is 5.35. The van der Waals surface area contributed by atoms with Crippen LogP contribution in [0.3, 0.4) is 0 Å².